The average molecular weight is 293 g/mol. The van der Waals surface area contributed by atoms with Crippen molar-refractivity contribution in [3.63, 3.8) is 0 Å². The lowest BCUT2D eigenvalue weighted by molar-refractivity contribution is 0.587. The highest BCUT2D eigenvalue weighted by molar-refractivity contribution is 6.31. The van der Waals surface area contributed by atoms with E-state index in [0.717, 1.165) is 29.3 Å². The highest BCUT2D eigenvalue weighted by atomic mass is 35.5. The highest BCUT2D eigenvalue weighted by Crippen LogP contribution is 2.23. The summed E-state index contributed by atoms with van der Waals surface area (Å²) in [5, 5.41) is 8.55. The molecule has 0 radical (unpaired) electrons. The van der Waals surface area contributed by atoms with Crippen molar-refractivity contribution < 1.29 is 0 Å². The largest absolute Gasteiger partial charge is 0.310 e. The molecule has 0 aromatic carbocycles. The number of rotatable bonds is 4. The minimum absolute atomic E-state index is 0.463. The Labute approximate surface area is 125 Å². The third kappa shape index (κ3) is 3.02. The Kier molecular flexibility index (Phi) is 4.45. The predicted molar refractivity (Wildman–Crippen MR) is 82.6 cm³/mol. The first kappa shape index (κ1) is 15.0. The molecule has 0 atom stereocenters. The Balaban J connectivity index is 2.32. The van der Waals surface area contributed by atoms with E-state index in [1.807, 2.05) is 31.6 Å². The van der Waals surface area contributed by atoms with Crippen LogP contribution in [-0.4, -0.2) is 20.8 Å². The minimum atomic E-state index is 0.463. The summed E-state index contributed by atoms with van der Waals surface area (Å²) in [6.45, 7) is 11.0. The standard InChI is InChI=1S/C15H21ClN4/c1-9(2)17-7-13-6-10(3)15(18-8-13)20-12(5)14(16)11(4)19-20/h6,8-9,17H,7H2,1-5H3. The molecule has 1 N–H and O–H groups in total. The van der Waals surface area contributed by atoms with Gasteiger partial charge in [0, 0.05) is 18.8 Å². The van der Waals surface area contributed by atoms with Crippen LogP contribution in [-0.2, 0) is 6.54 Å². The van der Waals surface area contributed by atoms with Gasteiger partial charge in [-0.25, -0.2) is 9.67 Å². The van der Waals surface area contributed by atoms with Crippen molar-refractivity contribution in [2.75, 3.05) is 0 Å². The van der Waals surface area contributed by atoms with Gasteiger partial charge in [0.1, 0.15) is 0 Å². The molecule has 108 valence electrons. The zero-order chi connectivity index (χ0) is 14.9. The fourth-order valence-corrected chi connectivity index (χ4v) is 2.21. The van der Waals surface area contributed by atoms with Crippen molar-refractivity contribution in [2.45, 2.75) is 47.2 Å². The van der Waals surface area contributed by atoms with Crippen LogP contribution >= 0.6 is 11.6 Å². The van der Waals surface area contributed by atoms with E-state index >= 15 is 0 Å². The molecule has 0 spiro atoms. The topological polar surface area (TPSA) is 42.7 Å². The minimum Gasteiger partial charge on any atom is -0.310 e. The molecule has 0 unspecified atom stereocenters. The smallest absolute Gasteiger partial charge is 0.156 e. The molecule has 0 bridgehead atoms. The van der Waals surface area contributed by atoms with Crippen LogP contribution in [0.25, 0.3) is 5.82 Å². The molecular formula is C15H21ClN4. The molecule has 0 saturated carbocycles. The Bertz CT molecular complexity index is 617. The molecule has 2 rings (SSSR count). The van der Waals surface area contributed by atoms with Gasteiger partial charge in [-0.1, -0.05) is 25.4 Å². The quantitative estimate of drug-likeness (QED) is 0.940. The number of hydrogen-bond acceptors (Lipinski definition) is 3. The Morgan fingerprint density at radius 2 is 2.00 bits per heavy atom. The van der Waals surface area contributed by atoms with Gasteiger partial charge in [0.25, 0.3) is 0 Å². The van der Waals surface area contributed by atoms with Crippen LogP contribution in [0.2, 0.25) is 5.02 Å². The van der Waals surface area contributed by atoms with Gasteiger partial charge in [-0.2, -0.15) is 5.10 Å². The van der Waals surface area contributed by atoms with Gasteiger partial charge >= 0.3 is 0 Å². The number of hydrogen-bond donors (Lipinski definition) is 1. The zero-order valence-corrected chi connectivity index (χ0v) is 13.4. The Morgan fingerprint density at radius 1 is 1.30 bits per heavy atom. The first-order valence-electron chi connectivity index (χ1n) is 6.81. The van der Waals surface area contributed by atoms with Crippen molar-refractivity contribution in [3.8, 4) is 5.82 Å². The molecule has 0 aliphatic rings. The first-order valence-corrected chi connectivity index (χ1v) is 7.19. The van der Waals surface area contributed by atoms with Gasteiger partial charge in [0.05, 0.1) is 16.4 Å². The fraction of sp³-hybridized carbons (Fsp3) is 0.467. The number of aromatic nitrogens is 3. The van der Waals surface area contributed by atoms with E-state index in [4.69, 9.17) is 11.6 Å². The molecule has 5 heteroatoms. The monoisotopic (exact) mass is 292 g/mol. The molecule has 2 aromatic rings. The zero-order valence-electron chi connectivity index (χ0n) is 12.7. The summed E-state index contributed by atoms with van der Waals surface area (Å²) in [6, 6.07) is 2.60. The maximum atomic E-state index is 6.20. The predicted octanol–water partition coefficient (Wildman–Crippen LogP) is 3.34. The molecule has 20 heavy (non-hydrogen) atoms. The molecule has 2 heterocycles. The van der Waals surface area contributed by atoms with Crippen LogP contribution in [0.15, 0.2) is 12.3 Å². The van der Waals surface area contributed by atoms with Gasteiger partial charge in [-0.3, -0.25) is 0 Å². The van der Waals surface area contributed by atoms with Crippen molar-refractivity contribution >= 4 is 11.6 Å². The normalized spacial score (nSPS) is 11.3. The lowest BCUT2D eigenvalue weighted by Gasteiger charge is -2.11. The van der Waals surface area contributed by atoms with Gasteiger partial charge in [0.15, 0.2) is 5.82 Å². The maximum absolute atomic E-state index is 6.20. The van der Waals surface area contributed by atoms with Crippen molar-refractivity contribution in [2.24, 2.45) is 0 Å². The van der Waals surface area contributed by atoms with Crippen LogP contribution in [0.5, 0.6) is 0 Å². The molecule has 0 fully saturated rings. The van der Waals surface area contributed by atoms with E-state index in [0.29, 0.717) is 11.1 Å². The lowest BCUT2D eigenvalue weighted by atomic mass is 10.2. The van der Waals surface area contributed by atoms with E-state index in [1.165, 1.54) is 5.56 Å². The summed E-state index contributed by atoms with van der Waals surface area (Å²) in [5.74, 6) is 0.839. The number of aryl methyl sites for hydroxylation is 2. The Morgan fingerprint density at radius 3 is 2.50 bits per heavy atom. The molecule has 0 saturated heterocycles. The van der Waals surface area contributed by atoms with Gasteiger partial charge in [-0.15, -0.1) is 0 Å². The molecule has 0 aliphatic carbocycles. The van der Waals surface area contributed by atoms with E-state index < -0.39 is 0 Å². The van der Waals surface area contributed by atoms with Crippen LogP contribution in [0.3, 0.4) is 0 Å². The second kappa shape index (κ2) is 5.94. The molecule has 2 aromatic heterocycles. The average Bonchev–Trinajstić information content (AvgIpc) is 2.64. The van der Waals surface area contributed by atoms with E-state index in [9.17, 15) is 0 Å². The van der Waals surface area contributed by atoms with Crippen LogP contribution in [0.1, 0.15) is 36.4 Å². The van der Waals surface area contributed by atoms with Crippen LogP contribution < -0.4 is 5.32 Å². The third-order valence-corrected chi connectivity index (χ3v) is 3.77. The van der Waals surface area contributed by atoms with Crippen molar-refractivity contribution in [1.82, 2.24) is 20.1 Å². The maximum Gasteiger partial charge on any atom is 0.156 e. The van der Waals surface area contributed by atoms with Gasteiger partial charge < -0.3 is 5.32 Å². The number of nitrogens with one attached hydrogen (secondary N) is 1. The fourth-order valence-electron chi connectivity index (χ4n) is 2.10. The summed E-state index contributed by atoms with van der Waals surface area (Å²) in [7, 11) is 0. The molecular weight excluding hydrogens is 272 g/mol. The molecule has 4 nitrogen and oxygen atoms in total. The molecule has 0 aliphatic heterocycles. The highest BCUT2D eigenvalue weighted by Gasteiger charge is 2.13. The van der Waals surface area contributed by atoms with Gasteiger partial charge in [-0.05, 0) is 38.0 Å². The second-order valence-electron chi connectivity index (χ2n) is 5.42. The Hall–Kier alpha value is -1.39. The SMILES string of the molecule is Cc1cc(CNC(C)C)cnc1-n1nc(C)c(Cl)c1C. The van der Waals surface area contributed by atoms with E-state index in [1.54, 1.807) is 0 Å². The number of pyridine rings is 1. The van der Waals surface area contributed by atoms with E-state index in [2.05, 4.69) is 35.3 Å². The van der Waals surface area contributed by atoms with Gasteiger partial charge in [0.2, 0.25) is 0 Å². The second-order valence-corrected chi connectivity index (χ2v) is 5.79. The summed E-state index contributed by atoms with van der Waals surface area (Å²) in [4.78, 5) is 4.54. The lowest BCUT2D eigenvalue weighted by Crippen LogP contribution is -2.22. The third-order valence-electron chi connectivity index (χ3n) is 3.23. The molecule has 0 amide bonds. The summed E-state index contributed by atoms with van der Waals surface area (Å²) in [5.41, 5.74) is 4.02. The summed E-state index contributed by atoms with van der Waals surface area (Å²) >= 11 is 6.20. The van der Waals surface area contributed by atoms with Crippen molar-refractivity contribution in [1.29, 1.82) is 0 Å². The van der Waals surface area contributed by atoms with Crippen LogP contribution in [0, 0.1) is 20.8 Å². The summed E-state index contributed by atoms with van der Waals surface area (Å²) in [6.07, 6.45) is 1.89. The van der Waals surface area contributed by atoms with E-state index in [-0.39, 0.29) is 0 Å². The first-order chi connectivity index (χ1) is 9.40. The number of halogens is 1. The number of nitrogens with zero attached hydrogens (tertiary/aromatic N) is 3. The van der Waals surface area contributed by atoms with Crippen molar-refractivity contribution in [3.05, 3.63) is 39.8 Å². The van der Waals surface area contributed by atoms with Crippen LogP contribution in [0.4, 0.5) is 0 Å². The summed E-state index contributed by atoms with van der Waals surface area (Å²) < 4.78 is 1.81.